The highest BCUT2D eigenvalue weighted by Crippen LogP contribution is 2.23. The first-order valence-corrected chi connectivity index (χ1v) is 6.56. The van der Waals surface area contributed by atoms with Crippen molar-refractivity contribution in [3.8, 4) is 5.82 Å². The molecule has 0 aliphatic carbocycles. The molecule has 0 fully saturated rings. The van der Waals surface area contributed by atoms with Crippen LogP contribution in [0.25, 0.3) is 16.9 Å². The van der Waals surface area contributed by atoms with Gasteiger partial charge in [0.05, 0.1) is 28.9 Å². The summed E-state index contributed by atoms with van der Waals surface area (Å²) in [7, 11) is 0. The Balaban J connectivity index is 2.15. The molecule has 0 saturated carbocycles. The van der Waals surface area contributed by atoms with Gasteiger partial charge in [-0.2, -0.15) is 0 Å². The minimum absolute atomic E-state index is 0.277. The third-order valence-corrected chi connectivity index (χ3v) is 3.15. The number of nitrogen functional groups attached to an aromatic ring is 1. The zero-order valence-corrected chi connectivity index (χ0v) is 11.5. The Morgan fingerprint density at radius 2 is 2.10 bits per heavy atom. The van der Waals surface area contributed by atoms with E-state index in [0.717, 1.165) is 11.0 Å². The number of ether oxygens (including phenoxy) is 1. The maximum absolute atomic E-state index is 11.9. The highest BCUT2D eigenvalue weighted by molar-refractivity contribution is 5.97. The van der Waals surface area contributed by atoms with Gasteiger partial charge < -0.3 is 10.5 Å². The second-order valence-corrected chi connectivity index (χ2v) is 4.42. The number of nitrogens with zero attached hydrogens (tertiary/aromatic N) is 3. The van der Waals surface area contributed by atoms with E-state index in [4.69, 9.17) is 10.5 Å². The molecule has 6 nitrogen and oxygen atoms in total. The van der Waals surface area contributed by atoms with Crippen molar-refractivity contribution in [2.24, 2.45) is 0 Å². The molecule has 3 aromatic rings. The van der Waals surface area contributed by atoms with Crippen molar-refractivity contribution in [1.29, 1.82) is 0 Å². The molecule has 2 N–H and O–H groups in total. The molecule has 0 unspecified atom stereocenters. The Labute approximate surface area is 121 Å². The third kappa shape index (κ3) is 2.20. The number of carbonyl (C=O) groups excluding carboxylic acids is 1. The van der Waals surface area contributed by atoms with Crippen molar-refractivity contribution in [2.75, 3.05) is 12.3 Å². The molecular weight excluding hydrogens is 268 g/mol. The number of pyridine rings is 1. The van der Waals surface area contributed by atoms with Crippen LogP contribution in [0.1, 0.15) is 17.3 Å². The van der Waals surface area contributed by atoms with Crippen molar-refractivity contribution < 1.29 is 9.53 Å². The molecule has 0 saturated heterocycles. The number of aromatic nitrogens is 3. The molecule has 0 radical (unpaired) electrons. The van der Waals surface area contributed by atoms with Crippen molar-refractivity contribution in [1.82, 2.24) is 14.5 Å². The van der Waals surface area contributed by atoms with Gasteiger partial charge in [-0.15, -0.1) is 0 Å². The van der Waals surface area contributed by atoms with E-state index in [2.05, 4.69) is 9.97 Å². The molecule has 1 aromatic carbocycles. The molecule has 2 aromatic heterocycles. The summed E-state index contributed by atoms with van der Waals surface area (Å²) in [5.41, 5.74) is 8.37. The number of nitrogens with two attached hydrogens (primary N) is 1. The molecule has 0 amide bonds. The average molecular weight is 282 g/mol. The first kappa shape index (κ1) is 13.1. The second-order valence-electron chi connectivity index (χ2n) is 4.42. The van der Waals surface area contributed by atoms with Gasteiger partial charge in [0.2, 0.25) is 0 Å². The SMILES string of the molecule is CCOC(=O)c1ccnc(-n2cnc3ccccc32)c1N. The summed E-state index contributed by atoms with van der Waals surface area (Å²) < 4.78 is 6.75. The maximum Gasteiger partial charge on any atom is 0.340 e. The normalized spacial score (nSPS) is 10.7. The number of hydrogen-bond acceptors (Lipinski definition) is 5. The Morgan fingerprint density at radius 3 is 2.90 bits per heavy atom. The molecule has 21 heavy (non-hydrogen) atoms. The molecule has 0 aliphatic rings. The Bertz CT molecular complexity index is 810. The van der Waals surface area contributed by atoms with Crippen molar-refractivity contribution in [3.63, 3.8) is 0 Å². The molecule has 0 aliphatic heterocycles. The van der Waals surface area contributed by atoms with Crippen LogP contribution in [-0.4, -0.2) is 27.1 Å². The fourth-order valence-corrected chi connectivity index (χ4v) is 2.17. The van der Waals surface area contributed by atoms with Gasteiger partial charge >= 0.3 is 5.97 Å². The minimum Gasteiger partial charge on any atom is -0.462 e. The first-order valence-electron chi connectivity index (χ1n) is 6.56. The van der Waals surface area contributed by atoms with Gasteiger partial charge in [-0.05, 0) is 25.1 Å². The molecule has 0 atom stereocenters. The number of imidazole rings is 1. The van der Waals surface area contributed by atoms with E-state index in [1.165, 1.54) is 6.20 Å². The van der Waals surface area contributed by atoms with Gasteiger partial charge in [0.25, 0.3) is 0 Å². The van der Waals surface area contributed by atoms with Crippen molar-refractivity contribution in [3.05, 3.63) is 48.4 Å². The summed E-state index contributed by atoms with van der Waals surface area (Å²) in [6.07, 6.45) is 3.17. The smallest absolute Gasteiger partial charge is 0.340 e. The standard InChI is InChI=1S/C15H14N4O2/c1-2-21-15(20)10-7-8-17-14(13(10)16)19-9-18-11-5-3-4-6-12(11)19/h3-9H,2,16H2,1H3. The maximum atomic E-state index is 11.9. The van der Waals surface area contributed by atoms with E-state index < -0.39 is 5.97 Å². The fraction of sp³-hybridized carbons (Fsp3) is 0.133. The van der Waals surface area contributed by atoms with Crippen LogP contribution in [0.5, 0.6) is 0 Å². The molecule has 2 heterocycles. The predicted molar refractivity (Wildman–Crippen MR) is 79.2 cm³/mol. The van der Waals surface area contributed by atoms with Gasteiger partial charge in [0, 0.05) is 6.20 Å². The van der Waals surface area contributed by atoms with Gasteiger partial charge in [0.15, 0.2) is 5.82 Å². The highest BCUT2D eigenvalue weighted by Gasteiger charge is 2.16. The number of carbonyl (C=O) groups is 1. The fourth-order valence-electron chi connectivity index (χ4n) is 2.17. The summed E-state index contributed by atoms with van der Waals surface area (Å²) in [4.78, 5) is 20.5. The average Bonchev–Trinajstić information content (AvgIpc) is 2.91. The van der Waals surface area contributed by atoms with Crippen LogP contribution < -0.4 is 5.73 Å². The van der Waals surface area contributed by atoms with Crippen LogP contribution in [0.15, 0.2) is 42.9 Å². The zero-order chi connectivity index (χ0) is 14.8. The molecular formula is C15H14N4O2. The van der Waals surface area contributed by atoms with Gasteiger partial charge in [-0.25, -0.2) is 14.8 Å². The molecule has 106 valence electrons. The first-order chi connectivity index (χ1) is 10.2. The summed E-state index contributed by atoms with van der Waals surface area (Å²) in [6, 6.07) is 9.19. The molecule has 0 bridgehead atoms. The summed E-state index contributed by atoms with van der Waals surface area (Å²) >= 11 is 0. The van der Waals surface area contributed by atoms with E-state index in [-0.39, 0.29) is 5.69 Å². The minimum atomic E-state index is -0.455. The van der Waals surface area contributed by atoms with Crippen LogP contribution >= 0.6 is 0 Å². The van der Waals surface area contributed by atoms with E-state index in [9.17, 15) is 4.79 Å². The van der Waals surface area contributed by atoms with E-state index in [1.807, 2.05) is 24.3 Å². The van der Waals surface area contributed by atoms with Crippen LogP contribution in [-0.2, 0) is 4.74 Å². The van der Waals surface area contributed by atoms with Crippen molar-refractivity contribution >= 4 is 22.7 Å². The van der Waals surface area contributed by atoms with Gasteiger partial charge in [-0.1, -0.05) is 12.1 Å². The predicted octanol–water partition coefficient (Wildman–Crippen LogP) is 2.18. The van der Waals surface area contributed by atoms with E-state index in [0.29, 0.717) is 18.0 Å². The van der Waals surface area contributed by atoms with Crippen LogP contribution in [0.3, 0.4) is 0 Å². The van der Waals surface area contributed by atoms with Crippen LogP contribution in [0, 0.1) is 0 Å². The number of para-hydroxylation sites is 2. The van der Waals surface area contributed by atoms with Crippen LogP contribution in [0.4, 0.5) is 5.69 Å². The third-order valence-electron chi connectivity index (χ3n) is 3.15. The molecule has 0 spiro atoms. The monoisotopic (exact) mass is 282 g/mol. The number of anilines is 1. The number of esters is 1. The quantitative estimate of drug-likeness (QED) is 0.744. The van der Waals surface area contributed by atoms with Crippen molar-refractivity contribution in [2.45, 2.75) is 6.92 Å². The lowest BCUT2D eigenvalue weighted by atomic mass is 10.2. The molecule has 6 heteroatoms. The molecule has 3 rings (SSSR count). The lowest BCUT2D eigenvalue weighted by molar-refractivity contribution is 0.0527. The van der Waals surface area contributed by atoms with Gasteiger partial charge in [-0.3, -0.25) is 4.57 Å². The highest BCUT2D eigenvalue weighted by atomic mass is 16.5. The van der Waals surface area contributed by atoms with E-state index in [1.54, 1.807) is 23.9 Å². The lowest BCUT2D eigenvalue weighted by Gasteiger charge is -2.10. The summed E-state index contributed by atoms with van der Waals surface area (Å²) in [5, 5.41) is 0. The Kier molecular flexibility index (Phi) is 3.27. The number of benzene rings is 1. The lowest BCUT2D eigenvalue weighted by Crippen LogP contribution is -2.11. The Morgan fingerprint density at radius 1 is 1.29 bits per heavy atom. The summed E-state index contributed by atoms with van der Waals surface area (Å²) in [6.45, 7) is 2.05. The topological polar surface area (TPSA) is 83.0 Å². The number of rotatable bonds is 3. The van der Waals surface area contributed by atoms with Gasteiger partial charge in [0.1, 0.15) is 6.33 Å². The Hall–Kier alpha value is -2.89. The zero-order valence-electron chi connectivity index (χ0n) is 11.5. The number of fused-ring (bicyclic) bond motifs is 1. The largest absolute Gasteiger partial charge is 0.462 e. The second kappa shape index (κ2) is 5.24. The van der Waals surface area contributed by atoms with E-state index >= 15 is 0 Å². The number of hydrogen-bond donors (Lipinski definition) is 1. The van der Waals surface area contributed by atoms with Crippen LogP contribution in [0.2, 0.25) is 0 Å². The summed E-state index contributed by atoms with van der Waals surface area (Å²) in [5.74, 6) is 0.0114.